The maximum atomic E-state index is 11.6. The fourth-order valence-corrected chi connectivity index (χ4v) is 2.44. The van der Waals surface area contributed by atoms with Crippen molar-refractivity contribution in [2.24, 2.45) is 0 Å². The molecule has 4 nitrogen and oxygen atoms in total. The molecule has 1 N–H and O–H groups in total. The minimum atomic E-state index is 0.0223. The number of ether oxygens (including phenoxy) is 2. The molecule has 4 heteroatoms. The first-order valence-electron chi connectivity index (χ1n) is 6.33. The van der Waals surface area contributed by atoms with E-state index < -0.39 is 0 Å². The predicted octanol–water partition coefficient (Wildman–Crippen LogP) is 2.04. The smallest absolute Gasteiger partial charge is 0.161 e. The van der Waals surface area contributed by atoms with Crippen molar-refractivity contribution in [3.63, 3.8) is 0 Å². The Morgan fingerprint density at radius 1 is 1.42 bits per heavy atom. The monoisotopic (exact) mass is 261 g/mol. The Morgan fingerprint density at radius 2 is 2.11 bits per heavy atom. The van der Waals surface area contributed by atoms with E-state index in [0.717, 1.165) is 24.3 Å². The van der Waals surface area contributed by atoms with Crippen LogP contribution in [0.25, 0.3) is 0 Å². The van der Waals surface area contributed by atoms with E-state index in [0.29, 0.717) is 12.2 Å². The lowest BCUT2D eigenvalue weighted by molar-refractivity contribution is -0.115. The van der Waals surface area contributed by atoms with Gasteiger partial charge in [0.25, 0.3) is 0 Å². The van der Waals surface area contributed by atoms with Gasteiger partial charge in [0.2, 0.25) is 0 Å². The van der Waals surface area contributed by atoms with Crippen LogP contribution in [-0.2, 0) is 11.2 Å². The third-order valence-corrected chi connectivity index (χ3v) is 3.44. The number of carbonyl (C=O) groups excluding carboxylic acids is 1. The van der Waals surface area contributed by atoms with Gasteiger partial charge in [0, 0.05) is 12.5 Å². The van der Waals surface area contributed by atoms with Gasteiger partial charge in [-0.2, -0.15) is 0 Å². The van der Waals surface area contributed by atoms with Crippen LogP contribution in [0.3, 0.4) is 0 Å². The zero-order chi connectivity index (χ0) is 13.8. The van der Waals surface area contributed by atoms with Gasteiger partial charge in [0.1, 0.15) is 0 Å². The molecule has 0 aliphatic carbocycles. The summed E-state index contributed by atoms with van der Waals surface area (Å²) in [5.74, 6) is 1.47. The van der Waals surface area contributed by atoms with Gasteiger partial charge in [0.05, 0.1) is 14.2 Å². The maximum Gasteiger partial charge on any atom is 0.161 e. The van der Waals surface area contributed by atoms with Crippen molar-refractivity contribution in [2.45, 2.75) is 18.9 Å². The first-order valence-corrected chi connectivity index (χ1v) is 6.33. The summed E-state index contributed by atoms with van der Waals surface area (Å²) in [6.07, 6.45) is 2.72. The Labute approximate surface area is 113 Å². The number of hydrogen-bond donors (Lipinski definition) is 1. The molecule has 0 saturated carbocycles. The molecule has 0 spiro atoms. The zero-order valence-corrected chi connectivity index (χ0v) is 11.4. The SMILES string of the molecule is C=CC(=O)C[C@H]1NCCc2cc(OC)c(OC)cc21. The van der Waals surface area contributed by atoms with Gasteiger partial charge in [-0.05, 0) is 42.3 Å². The Hall–Kier alpha value is -1.81. The first-order chi connectivity index (χ1) is 9.19. The lowest BCUT2D eigenvalue weighted by Gasteiger charge is -2.27. The maximum absolute atomic E-state index is 11.6. The molecule has 1 aromatic carbocycles. The standard InChI is InChI=1S/C15H19NO3/c1-4-11(17)8-13-12-9-15(19-3)14(18-2)7-10(12)5-6-16-13/h4,7,9,13,16H,1,5-6,8H2,2-3H3/t13-/m1/s1. The summed E-state index contributed by atoms with van der Waals surface area (Å²) in [6.45, 7) is 4.38. The Morgan fingerprint density at radius 3 is 2.74 bits per heavy atom. The van der Waals surface area contributed by atoms with E-state index in [9.17, 15) is 4.79 Å². The number of allylic oxidation sites excluding steroid dienone is 1. The minimum absolute atomic E-state index is 0.0223. The molecule has 0 saturated heterocycles. The molecule has 0 aromatic heterocycles. The second kappa shape index (κ2) is 5.89. The molecule has 1 aliphatic rings. The van der Waals surface area contributed by atoms with E-state index in [4.69, 9.17) is 9.47 Å². The molecule has 19 heavy (non-hydrogen) atoms. The number of carbonyl (C=O) groups is 1. The van der Waals surface area contributed by atoms with Gasteiger partial charge >= 0.3 is 0 Å². The third-order valence-electron chi connectivity index (χ3n) is 3.44. The fraction of sp³-hybridized carbons (Fsp3) is 0.400. The van der Waals surface area contributed by atoms with Crippen molar-refractivity contribution in [3.05, 3.63) is 35.9 Å². The van der Waals surface area contributed by atoms with Crippen molar-refractivity contribution >= 4 is 5.78 Å². The number of hydrogen-bond acceptors (Lipinski definition) is 4. The molecule has 102 valence electrons. The number of fused-ring (bicyclic) bond motifs is 1. The second-order valence-electron chi connectivity index (χ2n) is 4.54. The predicted molar refractivity (Wildman–Crippen MR) is 73.8 cm³/mol. The molecule has 0 fully saturated rings. The van der Waals surface area contributed by atoms with Crippen molar-refractivity contribution in [1.29, 1.82) is 0 Å². The third kappa shape index (κ3) is 2.79. The summed E-state index contributed by atoms with van der Waals surface area (Å²) in [7, 11) is 3.24. The molecular weight excluding hydrogens is 242 g/mol. The van der Waals surface area contributed by atoms with E-state index in [1.807, 2.05) is 12.1 Å². The Kier molecular flexibility index (Phi) is 4.22. The zero-order valence-electron chi connectivity index (χ0n) is 11.4. The number of ketones is 1. The highest BCUT2D eigenvalue weighted by molar-refractivity contribution is 5.89. The Bertz CT molecular complexity index is 496. The number of rotatable bonds is 5. The summed E-state index contributed by atoms with van der Waals surface area (Å²) in [5, 5.41) is 3.36. The summed E-state index contributed by atoms with van der Waals surface area (Å²) in [4.78, 5) is 11.6. The van der Waals surface area contributed by atoms with Gasteiger partial charge in [-0.1, -0.05) is 6.58 Å². The minimum Gasteiger partial charge on any atom is -0.493 e. The molecule has 0 unspecified atom stereocenters. The normalized spacial score (nSPS) is 17.5. The van der Waals surface area contributed by atoms with Crippen molar-refractivity contribution < 1.29 is 14.3 Å². The van der Waals surface area contributed by atoms with E-state index >= 15 is 0 Å². The van der Waals surface area contributed by atoms with Crippen LogP contribution in [0, 0.1) is 0 Å². The van der Waals surface area contributed by atoms with Crippen LogP contribution in [0.2, 0.25) is 0 Å². The average molecular weight is 261 g/mol. The van der Waals surface area contributed by atoms with Gasteiger partial charge < -0.3 is 14.8 Å². The second-order valence-corrected chi connectivity index (χ2v) is 4.54. The van der Waals surface area contributed by atoms with Crippen LogP contribution in [0.4, 0.5) is 0 Å². The lowest BCUT2D eigenvalue weighted by Crippen LogP contribution is -2.31. The lowest BCUT2D eigenvalue weighted by atomic mass is 9.91. The van der Waals surface area contributed by atoms with Crippen LogP contribution in [0.1, 0.15) is 23.6 Å². The molecule has 2 rings (SSSR count). The van der Waals surface area contributed by atoms with E-state index in [-0.39, 0.29) is 11.8 Å². The molecule has 0 radical (unpaired) electrons. The van der Waals surface area contributed by atoms with Gasteiger partial charge in [0.15, 0.2) is 17.3 Å². The van der Waals surface area contributed by atoms with Crippen LogP contribution in [-0.4, -0.2) is 26.5 Å². The van der Waals surface area contributed by atoms with Crippen molar-refractivity contribution in [1.82, 2.24) is 5.32 Å². The van der Waals surface area contributed by atoms with E-state index in [1.165, 1.54) is 11.6 Å². The molecule has 0 amide bonds. The quantitative estimate of drug-likeness (QED) is 0.824. The van der Waals surface area contributed by atoms with Crippen LogP contribution < -0.4 is 14.8 Å². The number of methoxy groups -OCH3 is 2. The fourth-order valence-electron chi connectivity index (χ4n) is 2.44. The molecule has 1 atom stereocenters. The van der Waals surface area contributed by atoms with Gasteiger partial charge in [-0.15, -0.1) is 0 Å². The van der Waals surface area contributed by atoms with Gasteiger partial charge in [-0.3, -0.25) is 4.79 Å². The highest BCUT2D eigenvalue weighted by atomic mass is 16.5. The number of nitrogens with one attached hydrogen (secondary N) is 1. The van der Waals surface area contributed by atoms with Crippen molar-refractivity contribution in [3.8, 4) is 11.5 Å². The molecule has 1 heterocycles. The van der Waals surface area contributed by atoms with E-state index in [2.05, 4.69) is 11.9 Å². The molecule has 0 bridgehead atoms. The van der Waals surface area contributed by atoms with E-state index in [1.54, 1.807) is 14.2 Å². The highest BCUT2D eigenvalue weighted by Gasteiger charge is 2.23. The topological polar surface area (TPSA) is 47.6 Å². The highest BCUT2D eigenvalue weighted by Crippen LogP contribution is 2.36. The Balaban J connectivity index is 2.37. The van der Waals surface area contributed by atoms with Crippen LogP contribution in [0.15, 0.2) is 24.8 Å². The summed E-state index contributed by atoms with van der Waals surface area (Å²) < 4.78 is 10.6. The first kappa shape index (κ1) is 13.6. The van der Waals surface area contributed by atoms with Crippen LogP contribution >= 0.6 is 0 Å². The van der Waals surface area contributed by atoms with Crippen molar-refractivity contribution in [2.75, 3.05) is 20.8 Å². The number of benzene rings is 1. The largest absolute Gasteiger partial charge is 0.493 e. The van der Waals surface area contributed by atoms with Crippen LogP contribution in [0.5, 0.6) is 11.5 Å². The molecule has 1 aliphatic heterocycles. The molecule has 1 aromatic rings. The summed E-state index contributed by atoms with van der Waals surface area (Å²) in [6, 6.07) is 3.98. The molecular formula is C15H19NO3. The summed E-state index contributed by atoms with van der Waals surface area (Å²) in [5.41, 5.74) is 2.32. The average Bonchev–Trinajstić information content (AvgIpc) is 2.45. The van der Waals surface area contributed by atoms with Gasteiger partial charge in [-0.25, -0.2) is 0 Å². The summed E-state index contributed by atoms with van der Waals surface area (Å²) >= 11 is 0.